The van der Waals surface area contributed by atoms with Gasteiger partial charge in [-0.15, -0.1) is 0 Å². The van der Waals surface area contributed by atoms with Crippen molar-refractivity contribution in [2.75, 3.05) is 0 Å². The number of nitrogens with zero attached hydrogens (tertiary/aromatic N) is 2. The van der Waals surface area contributed by atoms with Crippen LogP contribution in [0.25, 0.3) is 22.2 Å². The zero-order valence-corrected chi connectivity index (χ0v) is 12.2. The van der Waals surface area contributed by atoms with Crippen molar-refractivity contribution in [3.63, 3.8) is 0 Å². The van der Waals surface area contributed by atoms with Crippen molar-refractivity contribution in [2.24, 2.45) is 0 Å². The highest BCUT2D eigenvalue weighted by molar-refractivity contribution is 5.95. The summed E-state index contributed by atoms with van der Waals surface area (Å²) in [5, 5.41) is 5.43. The molecule has 2 aromatic carbocycles. The van der Waals surface area contributed by atoms with Crippen molar-refractivity contribution in [1.82, 2.24) is 14.9 Å². The van der Waals surface area contributed by atoms with E-state index in [1.54, 1.807) is 0 Å². The minimum atomic E-state index is 0.150. The summed E-state index contributed by atoms with van der Waals surface area (Å²) in [7, 11) is 0. The molecule has 4 heteroatoms. The first kappa shape index (κ1) is 13.1. The van der Waals surface area contributed by atoms with Gasteiger partial charge in [-0.3, -0.25) is 4.79 Å². The van der Waals surface area contributed by atoms with E-state index in [4.69, 9.17) is 0 Å². The topological polar surface area (TPSA) is 46.9 Å². The molecule has 1 atom stereocenters. The predicted octanol–water partition coefficient (Wildman–Crippen LogP) is 2.98. The van der Waals surface area contributed by atoms with Crippen molar-refractivity contribution in [1.29, 1.82) is 0 Å². The van der Waals surface area contributed by atoms with Gasteiger partial charge in [0.25, 0.3) is 0 Å². The van der Waals surface area contributed by atoms with Crippen LogP contribution in [0.4, 0.5) is 0 Å². The van der Waals surface area contributed by atoms with Crippen molar-refractivity contribution >= 4 is 16.7 Å². The first-order valence-electron chi connectivity index (χ1n) is 7.60. The lowest BCUT2D eigenvalue weighted by Gasteiger charge is -2.14. The average Bonchev–Trinajstić information content (AvgIpc) is 3.16. The molecule has 1 fully saturated rings. The van der Waals surface area contributed by atoms with Crippen LogP contribution in [0.2, 0.25) is 0 Å². The van der Waals surface area contributed by atoms with Crippen LogP contribution in [-0.4, -0.2) is 21.5 Å². The number of carbonyl (C=O) groups excluding carboxylic acids is 1. The fourth-order valence-corrected chi connectivity index (χ4v) is 3.17. The van der Waals surface area contributed by atoms with Crippen LogP contribution in [-0.2, 0) is 11.3 Å². The summed E-state index contributed by atoms with van der Waals surface area (Å²) in [4.78, 5) is 15.9. The van der Waals surface area contributed by atoms with Crippen LogP contribution < -0.4 is 5.32 Å². The van der Waals surface area contributed by atoms with E-state index >= 15 is 0 Å². The molecule has 22 heavy (non-hydrogen) atoms. The lowest BCUT2D eigenvalue weighted by molar-refractivity contribution is -0.119. The number of fused-ring (bicyclic) bond motifs is 1. The first-order chi connectivity index (χ1) is 10.8. The third kappa shape index (κ3) is 2.26. The molecule has 0 radical (unpaired) electrons. The van der Waals surface area contributed by atoms with E-state index in [-0.39, 0.29) is 11.9 Å². The van der Waals surface area contributed by atoms with Gasteiger partial charge in [0.2, 0.25) is 5.91 Å². The van der Waals surface area contributed by atoms with E-state index in [1.165, 1.54) is 10.8 Å². The molecule has 0 saturated carbocycles. The molecule has 110 valence electrons. The number of hydrogen-bond donors (Lipinski definition) is 1. The fraction of sp³-hybridized carbons (Fsp3) is 0.222. The largest absolute Gasteiger partial charge is 0.352 e. The van der Waals surface area contributed by atoms with Gasteiger partial charge in [0.15, 0.2) is 0 Å². The Morgan fingerprint density at radius 1 is 1.18 bits per heavy atom. The lowest BCUT2D eigenvalue weighted by atomic mass is 10.0. The summed E-state index contributed by atoms with van der Waals surface area (Å²) in [6.45, 7) is 0.768. The Bertz CT molecular complexity index is 832. The SMILES string of the molecule is O=C1CCC(Cn2ccnc2-c2cccc3ccccc23)N1. The monoisotopic (exact) mass is 291 g/mol. The molecule has 1 amide bonds. The Kier molecular flexibility index (Phi) is 3.15. The molecule has 2 heterocycles. The summed E-state index contributed by atoms with van der Waals surface area (Å²) in [5.41, 5.74) is 1.13. The zero-order chi connectivity index (χ0) is 14.9. The van der Waals surface area contributed by atoms with Crippen LogP contribution in [0.1, 0.15) is 12.8 Å². The Morgan fingerprint density at radius 3 is 2.91 bits per heavy atom. The van der Waals surface area contributed by atoms with Gasteiger partial charge in [-0.1, -0.05) is 42.5 Å². The number of carbonyl (C=O) groups is 1. The molecule has 0 spiro atoms. The maximum atomic E-state index is 11.4. The molecule has 4 nitrogen and oxygen atoms in total. The van der Waals surface area contributed by atoms with Crippen LogP contribution in [0.15, 0.2) is 54.9 Å². The summed E-state index contributed by atoms with van der Waals surface area (Å²) in [6.07, 6.45) is 5.34. The van der Waals surface area contributed by atoms with Crippen molar-refractivity contribution < 1.29 is 4.79 Å². The molecule has 0 bridgehead atoms. The molecular formula is C18H17N3O. The first-order valence-corrected chi connectivity index (χ1v) is 7.60. The minimum absolute atomic E-state index is 0.150. The van der Waals surface area contributed by atoms with Crippen LogP contribution in [0, 0.1) is 0 Å². The van der Waals surface area contributed by atoms with Gasteiger partial charge >= 0.3 is 0 Å². The van der Waals surface area contributed by atoms with E-state index in [9.17, 15) is 4.79 Å². The second kappa shape index (κ2) is 5.30. The molecule has 0 aliphatic carbocycles. The van der Waals surface area contributed by atoms with Gasteiger partial charge < -0.3 is 9.88 Å². The van der Waals surface area contributed by atoms with Gasteiger partial charge in [0, 0.05) is 37.0 Å². The van der Waals surface area contributed by atoms with Crippen molar-refractivity contribution in [3.05, 3.63) is 54.9 Å². The highest BCUT2D eigenvalue weighted by atomic mass is 16.1. The predicted molar refractivity (Wildman–Crippen MR) is 86.3 cm³/mol. The highest BCUT2D eigenvalue weighted by Gasteiger charge is 2.22. The number of nitrogens with one attached hydrogen (secondary N) is 1. The molecule has 1 aliphatic rings. The summed E-state index contributed by atoms with van der Waals surface area (Å²) >= 11 is 0. The van der Waals surface area contributed by atoms with Crippen molar-refractivity contribution in [2.45, 2.75) is 25.4 Å². The summed E-state index contributed by atoms with van der Waals surface area (Å²) in [6, 6.07) is 14.8. The van der Waals surface area contributed by atoms with E-state index in [0.29, 0.717) is 6.42 Å². The second-order valence-electron chi connectivity index (χ2n) is 5.73. The van der Waals surface area contributed by atoms with E-state index < -0.39 is 0 Å². The quantitative estimate of drug-likeness (QED) is 0.806. The number of hydrogen-bond acceptors (Lipinski definition) is 2. The number of imidazole rings is 1. The molecule has 1 N–H and O–H groups in total. The zero-order valence-electron chi connectivity index (χ0n) is 12.2. The second-order valence-corrected chi connectivity index (χ2v) is 5.73. The van der Waals surface area contributed by atoms with E-state index in [0.717, 1.165) is 24.4 Å². The Morgan fingerprint density at radius 2 is 2.05 bits per heavy atom. The number of rotatable bonds is 3. The minimum Gasteiger partial charge on any atom is -0.352 e. The maximum Gasteiger partial charge on any atom is 0.220 e. The number of benzene rings is 2. The van der Waals surface area contributed by atoms with Crippen LogP contribution in [0.3, 0.4) is 0 Å². The Balaban J connectivity index is 1.73. The van der Waals surface area contributed by atoms with Crippen molar-refractivity contribution in [3.8, 4) is 11.4 Å². The highest BCUT2D eigenvalue weighted by Crippen LogP contribution is 2.27. The third-order valence-electron chi connectivity index (χ3n) is 4.25. The number of aromatic nitrogens is 2. The molecule has 3 aromatic rings. The smallest absolute Gasteiger partial charge is 0.220 e. The van der Waals surface area contributed by atoms with Gasteiger partial charge in [-0.2, -0.15) is 0 Å². The van der Waals surface area contributed by atoms with Crippen LogP contribution >= 0.6 is 0 Å². The van der Waals surface area contributed by atoms with Crippen LogP contribution in [0.5, 0.6) is 0 Å². The molecular weight excluding hydrogens is 274 g/mol. The number of amides is 1. The fourth-order valence-electron chi connectivity index (χ4n) is 3.17. The van der Waals surface area contributed by atoms with E-state index in [2.05, 4.69) is 51.3 Å². The molecule has 1 aliphatic heterocycles. The third-order valence-corrected chi connectivity index (χ3v) is 4.25. The summed E-state index contributed by atoms with van der Waals surface area (Å²) < 4.78 is 2.14. The molecule has 4 rings (SSSR count). The van der Waals surface area contributed by atoms with Gasteiger partial charge in [-0.25, -0.2) is 4.98 Å². The Hall–Kier alpha value is -2.62. The van der Waals surface area contributed by atoms with Gasteiger partial charge in [-0.05, 0) is 17.2 Å². The van der Waals surface area contributed by atoms with E-state index in [1.807, 2.05) is 18.5 Å². The summed E-state index contributed by atoms with van der Waals surface area (Å²) in [5.74, 6) is 1.11. The standard InChI is InChI=1S/C18H17N3O/c22-17-9-8-14(20-17)12-21-11-10-19-18(21)16-7-3-5-13-4-1-2-6-15(13)16/h1-7,10-11,14H,8-9,12H2,(H,20,22). The Labute approximate surface area is 128 Å². The molecule has 1 aromatic heterocycles. The molecule has 1 saturated heterocycles. The molecule has 1 unspecified atom stereocenters. The van der Waals surface area contributed by atoms with Gasteiger partial charge in [0.1, 0.15) is 5.82 Å². The maximum absolute atomic E-state index is 11.4. The average molecular weight is 291 g/mol. The lowest BCUT2D eigenvalue weighted by Crippen LogP contribution is -2.29. The normalized spacial score (nSPS) is 17.8. The van der Waals surface area contributed by atoms with Gasteiger partial charge in [0.05, 0.1) is 0 Å².